The van der Waals surface area contributed by atoms with Gasteiger partial charge in [0, 0.05) is 32.1 Å². The summed E-state index contributed by atoms with van der Waals surface area (Å²) in [6, 6.07) is 0.378. The first-order chi connectivity index (χ1) is 9.74. The van der Waals surface area contributed by atoms with Crippen molar-refractivity contribution in [3.05, 3.63) is 0 Å². The summed E-state index contributed by atoms with van der Waals surface area (Å²) in [5.74, 6) is 1.03. The SMILES string of the molecule is CCCC(=O)N1CCC(CN2CCCC[C@H]2CO)CC1. The molecule has 1 N–H and O–H groups in total. The predicted octanol–water partition coefficient (Wildman–Crippen LogP) is 1.87. The van der Waals surface area contributed by atoms with Crippen molar-refractivity contribution >= 4 is 5.91 Å². The molecule has 2 aliphatic heterocycles. The van der Waals surface area contributed by atoms with Crippen LogP contribution in [0, 0.1) is 5.92 Å². The van der Waals surface area contributed by atoms with Crippen molar-refractivity contribution in [1.29, 1.82) is 0 Å². The van der Waals surface area contributed by atoms with Gasteiger partial charge in [-0.25, -0.2) is 0 Å². The van der Waals surface area contributed by atoms with E-state index in [0.717, 1.165) is 51.9 Å². The standard InChI is InChI=1S/C16H30N2O2/c1-2-5-16(20)17-10-7-14(8-11-17)12-18-9-4-3-6-15(18)13-19/h14-15,19H,2-13H2,1H3/t15-/m0/s1. The van der Waals surface area contributed by atoms with Crippen LogP contribution in [0.15, 0.2) is 0 Å². The lowest BCUT2D eigenvalue weighted by molar-refractivity contribution is -0.132. The summed E-state index contributed by atoms with van der Waals surface area (Å²) in [5, 5.41) is 9.47. The summed E-state index contributed by atoms with van der Waals surface area (Å²) >= 11 is 0. The molecule has 0 saturated carbocycles. The number of piperidine rings is 2. The maximum Gasteiger partial charge on any atom is 0.222 e. The second kappa shape index (κ2) is 7.99. The molecule has 0 radical (unpaired) electrons. The van der Waals surface area contributed by atoms with Crippen LogP contribution in [0.3, 0.4) is 0 Å². The van der Waals surface area contributed by atoms with Crippen molar-refractivity contribution in [1.82, 2.24) is 9.80 Å². The molecule has 0 unspecified atom stereocenters. The third-order valence-corrected chi connectivity index (χ3v) is 4.88. The van der Waals surface area contributed by atoms with E-state index in [1.807, 2.05) is 4.90 Å². The average molecular weight is 282 g/mol. The van der Waals surface area contributed by atoms with Crippen molar-refractivity contribution < 1.29 is 9.90 Å². The number of aliphatic hydroxyl groups excluding tert-OH is 1. The molecule has 2 heterocycles. The van der Waals surface area contributed by atoms with Gasteiger partial charge < -0.3 is 10.0 Å². The highest BCUT2D eigenvalue weighted by Crippen LogP contribution is 2.23. The van der Waals surface area contributed by atoms with Crippen LogP contribution in [-0.4, -0.2) is 59.6 Å². The normalized spacial score (nSPS) is 25.9. The molecule has 0 bridgehead atoms. The predicted molar refractivity (Wildman–Crippen MR) is 80.5 cm³/mol. The zero-order chi connectivity index (χ0) is 14.4. The third-order valence-electron chi connectivity index (χ3n) is 4.88. The lowest BCUT2D eigenvalue weighted by Gasteiger charge is -2.39. The quantitative estimate of drug-likeness (QED) is 0.837. The van der Waals surface area contributed by atoms with Gasteiger partial charge in [0.25, 0.3) is 0 Å². The highest BCUT2D eigenvalue weighted by Gasteiger charge is 2.27. The maximum absolute atomic E-state index is 11.9. The first-order valence-corrected chi connectivity index (χ1v) is 8.37. The topological polar surface area (TPSA) is 43.8 Å². The second-order valence-electron chi connectivity index (χ2n) is 6.40. The highest BCUT2D eigenvalue weighted by molar-refractivity contribution is 5.76. The van der Waals surface area contributed by atoms with Crippen LogP contribution in [0.2, 0.25) is 0 Å². The Morgan fingerprint density at radius 3 is 2.55 bits per heavy atom. The van der Waals surface area contributed by atoms with E-state index in [2.05, 4.69) is 11.8 Å². The highest BCUT2D eigenvalue weighted by atomic mass is 16.3. The van der Waals surface area contributed by atoms with Gasteiger partial charge in [-0.05, 0) is 44.6 Å². The molecule has 4 heteroatoms. The molecule has 4 nitrogen and oxygen atoms in total. The number of hydrogen-bond donors (Lipinski definition) is 1. The van der Waals surface area contributed by atoms with E-state index in [0.29, 0.717) is 30.9 Å². The molecule has 0 aromatic heterocycles. The third kappa shape index (κ3) is 4.19. The van der Waals surface area contributed by atoms with Crippen molar-refractivity contribution in [2.75, 3.05) is 32.8 Å². The minimum Gasteiger partial charge on any atom is -0.395 e. The molecule has 2 aliphatic rings. The van der Waals surface area contributed by atoms with E-state index in [9.17, 15) is 9.90 Å². The van der Waals surface area contributed by atoms with Crippen LogP contribution < -0.4 is 0 Å². The lowest BCUT2D eigenvalue weighted by Crippen LogP contribution is -2.47. The van der Waals surface area contributed by atoms with Crippen LogP contribution in [0.5, 0.6) is 0 Å². The molecule has 2 saturated heterocycles. The summed E-state index contributed by atoms with van der Waals surface area (Å²) in [5.41, 5.74) is 0. The first-order valence-electron chi connectivity index (χ1n) is 8.37. The van der Waals surface area contributed by atoms with E-state index < -0.39 is 0 Å². The van der Waals surface area contributed by atoms with Crippen molar-refractivity contribution in [3.63, 3.8) is 0 Å². The fourth-order valence-electron chi connectivity index (χ4n) is 3.58. The number of rotatable bonds is 5. The van der Waals surface area contributed by atoms with Crippen LogP contribution in [-0.2, 0) is 4.79 Å². The fourth-order valence-corrected chi connectivity index (χ4v) is 3.58. The largest absolute Gasteiger partial charge is 0.395 e. The Morgan fingerprint density at radius 1 is 1.15 bits per heavy atom. The molecule has 0 aromatic rings. The number of aliphatic hydroxyl groups is 1. The van der Waals surface area contributed by atoms with Crippen molar-refractivity contribution in [2.24, 2.45) is 5.92 Å². The van der Waals surface area contributed by atoms with Crippen LogP contribution >= 0.6 is 0 Å². The van der Waals surface area contributed by atoms with E-state index in [1.54, 1.807) is 0 Å². The molecule has 1 atom stereocenters. The molecule has 2 rings (SSSR count). The fraction of sp³-hybridized carbons (Fsp3) is 0.938. The zero-order valence-corrected chi connectivity index (χ0v) is 12.9. The Labute approximate surface area is 123 Å². The number of carbonyl (C=O) groups excluding carboxylic acids is 1. The molecule has 2 fully saturated rings. The van der Waals surface area contributed by atoms with Gasteiger partial charge in [-0.2, -0.15) is 0 Å². The van der Waals surface area contributed by atoms with E-state index in [1.165, 1.54) is 12.8 Å². The zero-order valence-electron chi connectivity index (χ0n) is 12.9. The minimum atomic E-state index is 0.299. The van der Waals surface area contributed by atoms with Gasteiger partial charge in [-0.1, -0.05) is 13.3 Å². The van der Waals surface area contributed by atoms with Gasteiger partial charge in [-0.3, -0.25) is 9.69 Å². The maximum atomic E-state index is 11.9. The van der Waals surface area contributed by atoms with Crippen molar-refractivity contribution in [3.8, 4) is 0 Å². The van der Waals surface area contributed by atoms with E-state index >= 15 is 0 Å². The number of hydrogen-bond acceptors (Lipinski definition) is 3. The Bertz CT molecular complexity index is 301. The number of amides is 1. The minimum absolute atomic E-state index is 0.299. The number of nitrogens with zero attached hydrogens (tertiary/aromatic N) is 2. The molecular formula is C16H30N2O2. The van der Waals surface area contributed by atoms with Gasteiger partial charge >= 0.3 is 0 Å². The second-order valence-corrected chi connectivity index (χ2v) is 6.40. The lowest BCUT2D eigenvalue weighted by atomic mass is 9.93. The van der Waals surface area contributed by atoms with Crippen LogP contribution in [0.4, 0.5) is 0 Å². The molecule has 20 heavy (non-hydrogen) atoms. The van der Waals surface area contributed by atoms with Gasteiger partial charge in [0.2, 0.25) is 5.91 Å². The Balaban J connectivity index is 1.74. The monoisotopic (exact) mass is 282 g/mol. The van der Waals surface area contributed by atoms with E-state index in [-0.39, 0.29) is 0 Å². The molecular weight excluding hydrogens is 252 g/mol. The van der Waals surface area contributed by atoms with E-state index in [4.69, 9.17) is 0 Å². The van der Waals surface area contributed by atoms with Gasteiger partial charge in [0.15, 0.2) is 0 Å². The summed E-state index contributed by atoms with van der Waals surface area (Å²) in [6.07, 6.45) is 7.57. The Kier molecular flexibility index (Phi) is 6.30. The summed E-state index contributed by atoms with van der Waals surface area (Å²) < 4.78 is 0. The van der Waals surface area contributed by atoms with Gasteiger partial charge in [0.1, 0.15) is 0 Å². The van der Waals surface area contributed by atoms with Crippen molar-refractivity contribution in [2.45, 2.75) is 57.9 Å². The Morgan fingerprint density at radius 2 is 1.90 bits per heavy atom. The smallest absolute Gasteiger partial charge is 0.222 e. The van der Waals surface area contributed by atoms with Gasteiger partial charge in [-0.15, -0.1) is 0 Å². The first kappa shape index (κ1) is 15.8. The van der Waals surface area contributed by atoms with Crippen LogP contribution in [0.1, 0.15) is 51.9 Å². The number of likely N-dealkylation sites (tertiary alicyclic amines) is 2. The summed E-state index contributed by atoms with van der Waals surface area (Å²) in [7, 11) is 0. The summed E-state index contributed by atoms with van der Waals surface area (Å²) in [6.45, 7) is 6.48. The molecule has 116 valence electrons. The average Bonchev–Trinajstić information content (AvgIpc) is 2.49. The number of carbonyl (C=O) groups is 1. The summed E-state index contributed by atoms with van der Waals surface area (Å²) in [4.78, 5) is 16.4. The molecule has 0 aliphatic carbocycles. The van der Waals surface area contributed by atoms with Gasteiger partial charge in [0.05, 0.1) is 6.61 Å². The molecule has 1 amide bonds. The van der Waals surface area contributed by atoms with Crippen LogP contribution in [0.25, 0.3) is 0 Å². The molecule has 0 aromatic carbocycles. The molecule has 0 spiro atoms. The Hall–Kier alpha value is -0.610.